The number of carbonyl (C=O) groups excluding carboxylic acids is 2. The first-order chi connectivity index (χ1) is 17.2. The van der Waals surface area contributed by atoms with Gasteiger partial charge in [0, 0.05) is 49.3 Å². The predicted molar refractivity (Wildman–Crippen MR) is 139 cm³/mol. The fourth-order valence-electron chi connectivity index (χ4n) is 5.15. The zero-order valence-electron chi connectivity index (χ0n) is 21.4. The van der Waals surface area contributed by atoms with Gasteiger partial charge >= 0.3 is 0 Å². The maximum Gasteiger partial charge on any atom is 0.251 e. The number of hydrogen-bond acceptors (Lipinski definition) is 6. The fraction of sp³-hybridized carbons (Fsp3) is 0.500. The summed E-state index contributed by atoms with van der Waals surface area (Å²) < 4.78 is 0. The molecule has 8 heteroatoms. The van der Waals surface area contributed by atoms with Gasteiger partial charge in [-0.15, -0.1) is 0 Å². The van der Waals surface area contributed by atoms with Gasteiger partial charge in [-0.2, -0.15) is 5.26 Å². The van der Waals surface area contributed by atoms with Gasteiger partial charge < -0.3 is 10.6 Å². The second-order valence-corrected chi connectivity index (χ2v) is 10.8. The third kappa shape index (κ3) is 5.36. The fourth-order valence-corrected chi connectivity index (χ4v) is 5.15. The number of anilines is 1. The average molecular weight is 489 g/mol. The summed E-state index contributed by atoms with van der Waals surface area (Å²) in [6, 6.07) is 9.84. The molecule has 2 N–H and O–H groups in total. The summed E-state index contributed by atoms with van der Waals surface area (Å²) in [7, 11) is 0. The molecule has 0 bridgehead atoms. The number of amides is 2. The molecular weight excluding hydrogens is 452 g/mol. The van der Waals surface area contributed by atoms with E-state index in [1.54, 1.807) is 28.3 Å². The van der Waals surface area contributed by atoms with Crippen LogP contribution >= 0.6 is 0 Å². The molecule has 2 fully saturated rings. The summed E-state index contributed by atoms with van der Waals surface area (Å²) in [6.07, 6.45) is 8.50. The number of pyridine rings is 1. The average Bonchev–Trinajstić information content (AvgIpc) is 3.36. The first kappa shape index (κ1) is 25.6. The van der Waals surface area contributed by atoms with Gasteiger partial charge in [0.15, 0.2) is 6.19 Å². The van der Waals surface area contributed by atoms with Crippen molar-refractivity contribution in [3.05, 3.63) is 59.9 Å². The SMILES string of the molecule is CC(C)(C)c1ccc(N(C(=O)C2CCCN2C#N)C(C(=O)N2CCCC(N)C2)c2cccnc2)cc1. The number of piperidine rings is 1. The lowest BCUT2D eigenvalue weighted by Gasteiger charge is -2.39. The van der Waals surface area contributed by atoms with Crippen LogP contribution in [0, 0.1) is 11.5 Å². The molecule has 2 saturated heterocycles. The number of hydrogen-bond donors (Lipinski definition) is 1. The Bertz CT molecular complexity index is 1110. The van der Waals surface area contributed by atoms with Crippen molar-refractivity contribution in [2.75, 3.05) is 24.5 Å². The smallest absolute Gasteiger partial charge is 0.251 e. The molecule has 0 radical (unpaired) electrons. The molecule has 3 heterocycles. The molecule has 0 spiro atoms. The van der Waals surface area contributed by atoms with E-state index in [2.05, 4.69) is 31.9 Å². The number of nitriles is 1. The van der Waals surface area contributed by atoms with E-state index < -0.39 is 12.1 Å². The molecule has 3 atom stereocenters. The Morgan fingerprint density at radius 3 is 2.47 bits per heavy atom. The lowest BCUT2D eigenvalue weighted by molar-refractivity contribution is -0.136. The third-order valence-electron chi connectivity index (χ3n) is 7.18. The molecule has 1 aromatic carbocycles. The Hall–Kier alpha value is -3.44. The molecule has 4 rings (SSSR count). The maximum absolute atomic E-state index is 14.2. The molecule has 0 aliphatic carbocycles. The number of benzene rings is 1. The van der Waals surface area contributed by atoms with Gasteiger partial charge in [0.1, 0.15) is 12.1 Å². The number of rotatable bonds is 5. The molecule has 190 valence electrons. The van der Waals surface area contributed by atoms with Gasteiger partial charge in [0.25, 0.3) is 11.8 Å². The van der Waals surface area contributed by atoms with E-state index >= 15 is 0 Å². The number of carbonyl (C=O) groups is 2. The highest BCUT2D eigenvalue weighted by Gasteiger charge is 2.42. The first-order valence-electron chi connectivity index (χ1n) is 12.7. The second-order valence-electron chi connectivity index (χ2n) is 10.8. The summed E-state index contributed by atoms with van der Waals surface area (Å²) in [5, 5.41) is 9.67. The number of nitrogens with two attached hydrogens (primary N) is 1. The van der Waals surface area contributed by atoms with Crippen molar-refractivity contribution in [3.63, 3.8) is 0 Å². The maximum atomic E-state index is 14.2. The lowest BCUT2D eigenvalue weighted by atomic mass is 9.87. The van der Waals surface area contributed by atoms with E-state index in [-0.39, 0.29) is 23.3 Å². The molecule has 1 aromatic heterocycles. The minimum atomic E-state index is -0.905. The largest absolute Gasteiger partial charge is 0.339 e. The Kier molecular flexibility index (Phi) is 7.60. The highest BCUT2D eigenvalue weighted by Crippen LogP contribution is 2.34. The molecule has 3 unspecified atom stereocenters. The Morgan fingerprint density at radius 2 is 1.86 bits per heavy atom. The normalized spacial score (nSPS) is 21.1. The van der Waals surface area contributed by atoms with E-state index in [9.17, 15) is 14.9 Å². The van der Waals surface area contributed by atoms with Crippen molar-refractivity contribution >= 4 is 17.5 Å². The van der Waals surface area contributed by atoms with Crippen LogP contribution in [0.2, 0.25) is 0 Å². The van der Waals surface area contributed by atoms with E-state index in [1.807, 2.05) is 30.3 Å². The van der Waals surface area contributed by atoms with Crippen LogP contribution in [-0.4, -0.2) is 58.3 Å². The van der Waals surface area contributed by atoms with Crippen LogP contribution in [0.4, 0.5) is 5.69 Å². The minimum Gasteiger partial charge on any atom is -0.339 e. The molecule has 2 aromatic rings. The minimum absolute atomic E-state index is 0.0566. The zero-order chi connectivity index (χ0) is 25.9. The monoisotopic (exact) mass is 488 g/mol. The van der Waals surface area contributed by atoms with E-state index in [0.29, 0.717) is 37.3 Å². The molecule has 2 amide bonds. The third-order valence-corrected chi connectivity index (χ3v) is 7.18. The Balaban J connectivity index is 1.82. The Morgan fingerprint density at radius 1 is 1.14 bits per heavy atom. The quantitative estimate of drug-likeness (QED) is 0.647. The van der Waals surface area contributed by atoms with Gasteiger partial charge in [-0.3, -0.25) is 24.4 Å². The topological polar surface area (TPSA) is 107 Å². The van der Waals surface area contributed by atoms with Gasteiger partial charge in [0.2, 0.25) is 0 Å². The van der Waals surface area contributed by atoms with Crippen molar-refractivity contribution < 1.29 is 9.59 Å². The Labute approximate surface area is 213 Å². The van der Waals surface area contributed by atoms with Crippen molar-refractivity contribution in [2.24, 2.45) is 5.73 Å². The van der Waals surface area contributed by atoms with Crippen LogP contribution in [0.5, 0.6) is 0 Å². The molecule has 2 aliphatic rings. The van der Waals surface area contributed by atoms with Crippen molar-refractivity contribution in [1.82, 2.24) is 14.8 Å². The predicted octanol–water partition coefficient (Wildman–Crippen LogP) is 3.35. The first-order valence-corrected chi connectivity index (χ1v) is 12.7. The van der Waals surface area contributed by atoms with Gasteiger partial charge in [0.05, 0.1) is 0 Å². The zero-order valence-corrected chi connectivity index (χ0v) is 21.4. The van der Waals surface area contributed by atoms with Crippen LogP contribution in [0.15, 0.2) is 48.8 Å². The summed E-state index contributed by atoms with van der Waals surface area (Å²) in [5.74, 6) is -0.422. The molecule has 36 heavy (non-hydrogen) atoms. The van der Waals surface area contributed by atoms with Gasteiger partial charge in [-0.25, -0.2) is 0 Å². The summed E-state index contributed by atoms with van der Waals surface area (Å²) in [5.41, 5.74) is 8.55. The number of nitrogens with zero attached hydrogens (tertiary/aromatic N) is 5. The van der Waals surface area contributed by atoms with Crippen LogP contribution in [-0.2, 0) is 15.0 Å². The van der Waals surface area contributed by atoms with Crippen LogP contribution < -0.4 is 10.6 Å². The second kappa shape index (κ2) is 10.7. The van der Waals surface area contributed by atoms with Crippen molar-refractivity contribution in [3.8, 4) is 6.19 Å². The van der Waals surface area contributed by atoms with Gasteiger partial charge in [-0.05, 0) is 54.9 Å². The van der Waals surface area contributed by atoms with E-state index in [0.717, 1.165) is 24.8 Å². The van der Waals surface area contributed by atoms with Crippen LogP contribution in [0.3, 0.4) is 0 Å². The van der Waals surface area contributed by atoms with Crippen molar-refractivity contribution in [1.29, 1.82) is 5.26 Å². The standard InChI is InChI=1S/C28H36N6O2/c1-28(2,3)21-10-12-23(13-11-21)34(26(35)24-9-6-16-33(24)19-29)25(20-7-4-14-31-17-20)27(36)32-15-5-8-22(30)18-32/h4,7,10-14,17,22,24-25H,5-6,8-9,15-16,18,30H2,1-3H3. The summed E-state index contributed by atoms with van der Waals surface area (Å²) in [4.78, 5) is 37.5. The highest BCUT2D eigenvalue weighted by atomic mass is 16.2. The van der Waals surface area contributed by atoms with Crippen molar-refractivity contribution in [2.45, 2.75) is 70.0 Å². The molecule has 2 aliphatic heterocycles. The highest BCUT2D eigenvalue weighted by molar-refractivity contribution is 6.04. The summed E-state index contributed by atoms with van der Waals surface area (Å²) in [6.45, 7) is 7.99. The molecule has 0 saturated carbocycles. The van der Waals surface area contributed by atoms with E-state index in [4.69, 9.17) is 5.73 Å². The number of aromatic nitrogens is 1. The lowest BCUT2D eigenvalue weighted by Crippen LogP contribution is -2.53. The van der Waals surface area contributed by atoms with Gasteiger partial charge in [-0.1, -0.05) is 39.0 Å². The van der Waals surface area contributed by atoms with Crippen LogP contribution in [0.25, 0.3) is 0 Å². The van der Waals surface area contributed by atoms with Crippen LogP contribution in [0.1, 0.15) is 63.6 Å². The molecule has 8 nitrogen and oxygen atoms in total. The summed E-state index contributed by atoms with van der Waals surface area (Å²) >= 11 is 0. The molecular formula is C28H36N6O2. The van der Waals surface area contributed by atoms with E-state index in [1.165, 1.54) is 4.90 Å². The number of likely N-dealkylation sites (tertiary alicyclic amines) is 2.